The molecule has 5 heteroatoms. The Bertz CT molecular complexity index is 1120. The SMILES string of the molecule is Cc1ccc(S(=O)(=O)OCCc2ccc(COc3ccc4c(c3)CCCC4)cc2)cc1. The maximum absolute atomic E-state index is 12.3. The van der Waals surface area contributed by atoms with Crippen molar-refractivity contribution >= 4 is 10.1 Å². The van der Waals surface area contributed by atoms with E-state index in [1.807, 2.05) is 31.2 Å². The molecule has 1 aliphatic carbocycles. The van der Waals surface area contributed by atoms with Gasteiger partial charge < -0.3 is 4.74 Å². The van der Waals surface area contributed by atoms with Gasteiger partial charge in [-0.1, -0.05) is 48.0 Å². The lowest BCUT2D eigenvalue weighted by molar-refractivity contribution is 0.305. The van der Waals surface area contributed by atoms with Crippen molar-refractivity contribution in [3.05, 3.63) is 94.5 Å². The second-order valence-electron chi connectivity index (χ2n) is 8.08. The molecule has 0 saturated carbocycles. The summed E-state index contributed by atoms with van der Waals surface area (Å²) in [5.41, 5.74) is 5.98. The molecule has 0 radical (unpaired) electrons. The van der Waals surface area contributed by atoms with Crippen LogP contribution in [0.2, 0.25) is 0 Å². The third-order valence-electron chi connectivity index (χ3n) is 5.69. The zero-order valence-corrected chi connectivity index (χ0v) is 18.7. The van der Waals surface area contributed by atoms with Crippen LogP contribution >= 0.6 is 0 Å². The highest BCUT2D eigenvalue weighted by atomic mass is 32.2. The molecule has 0 unspecified atom stereocenters. The minimum atomic E-state index is -3.72. The first kappa shape index (κ1) is 21.6. The van der Waals surface area contributed by atoms with E-state index in [0.29, 0.717) is 13.0 Å². The second-order valence-corrected chi connectivity index (χ2v) is 9.70. The Morgan fingerprint density at radius 1 is 0.806 bits per heavy atom. The van der Waals surface area contributed by atoms with Gasteiger partial charge in [0.05, 0.1) is 11.5 Å². The molecule has 0 spiro atoms. The molecule has 0 fully saturated rings. The Balaban J connectivity index is 1.27. The largest absolute Gasteiger partial charge is 0.489 e. The normalized spacial score (nSPS) is 13.6. The average molecular weight is 437 g/mol. The number of rotatable bonds is 8. The monoisotopic (exact) mass is 436 g/mol. The molecule has 3 aromatic rings. The molecule has 0 aromatic heterocycles. The average Bonchev–Trinajstić information content (AvgIpc) is 2.78. The van der Waals surface area contributed by atoms with Gasteiger partial charge in [-0.2, -0.15) is 8.42 Å². The van der Waals surface area contributed by atoms with Gasteiger partial charge in [0.25, 0.3) is 10.1 Å². The van der Waals surface area contributed by atoms with Crippen LogP contribution in [0.15, 0.2) is 71.6 Å². The molecule has 0 N–H and O–H groups in total. The lowest BCUT2D eigenvalue weighted by Gasteiger charge is -2.17. The molecule has 0 amide bonds. The van der Waals surface area contributed by atoms with E-state index in [1.165, 1.54) is 30.4 Å². The number of aryl methyl sites for hydroxylation is 3. The van der Waals surface area contributed by atoms with Crippen molar-refractivity contribution in [1.82, 2.24) is 0 Å². The quantitative estimate of drug-likeness (QED) is 0.444. The van der Waals surface area contributed by atoms with Crippen LogP contribution < -0.4 is 4.74 Å². The molecule has 3 aromatic carbocycles. The molecular weight excluding hydrogens is 408 g/mol. The zero-order valence-electron chi connectivity index (χ0n) is 17.8. The van der Waals surface area contributed by atoms with E-state index >= 15 is 0 Å². The van der Waals surface area contributed by atoms with Crippen LogP contribution in [0.4, 0.5) is 0 Å². The summed E-state index contributed by atoms with van der Waals surface area (Å²) in [4.78, 5) is 0.188. The van der Waals surface area contributed by atoms with Gasteiger partial charge in [0.1, 0.15) is 12.4 Å². The standard InChI is InChI=1S/C26H28O4S/c1-20-6-14-26(15-7-20)31(27,28)30-17-16-21-8-10-22(11-9-21)19-29-25-13-12-23-4-2-3-5-24(23)18-25/h6-15,18H,2-5,16-17,19H2,1H3. The van der Waals surface area contributed by atoms with Crippen LogP contribution in [-0.2, 0) is 40.2 Å². The van der Waals surface area contributed by atoms with Crippen molar-refractivity contribution in [1.29, 1.82) is 0 Å². The fraction of sp³-hybridized carbons (Fsp3) is 0.308. The van der Waals surface area contributed by atoms with Crippen LogP contribution in [0.1, 0.15) is 40.7 Å². The molecule has 1 aliphatic rings. The van der Waals surface area contributed by atoms with Crippen molar-refractivity contribution < 1.29 is 17.3 Å². The maximum Gasteiger partial charge on any atom is 0.296 e. The summed E-state index contributed by atoms with van der Waals surface area (Å²) in [7, 11) is -3.72. The van der Waals surface area contributed by atoms with Crippen molar-refractivity contribution in [2.24, 2.45) is 0 Å². The zero-order chi connectivity index (χ0) is 21.7. The van der Waals surface area contributed by atoms with Gasteiger partial charge in [0.15, 0.2) is 0 Å². The maximum atomic E-state index is 12.3. The van der Waals surface area contributed by atoms with Crippen LogP contribution in [0, 0.1) is 6.92 Å². The van der Waals surface area contributed by atoms with E-state index in [4.69, 9.17) is 8.92 Å². The molecule has 0 atom stereocenters. The van der Waals surface area contributed by atoms with E-state index < -0.39 is 10.1 Å². The molecule has 162 valence electrons. The van der Waals surface area contributed by atoms with Crippen molar-refractivity contribution in [3.8, 4) is 5.75 Å². The van der Waals surface area contributed by atoms with Gasteiger partial charge in [0, 0.05) is 0 Å². The smallest absolute Gasteiger partial charge is 0.296 e. The van der Waals surface area contributed by atoms with E-state index in [2.05, 4.69) is 18.2 Å². The molecule has 0 saturated heterocycles. The summed E-state index contributed by atoms with van der Waals surface area (Å²) in [5, 5.41) is 0. The molecular formula is C26H28O4S. The minimum absolute atomic E-state index is 0.112. The summed E-state index contributed by atoms with van der Waals surface area (Å²) in [6.07, 6.45) is 5.38. The second kappa shape index (κ2) is 9.67. The third-order valence-corrected chi connectivity index (χ3v) is 7.01. The fourth-order valence-electron chi connectivity index (χ4n) is 3.81. The van der Waals surface area contributed by atoms with Gasteiger partial charge in [-0.05, 0) is 85.5 Å². The Labute approximate surface area is 185 Å². The first-order valence-electron chi connectivity index (χ1n) is 10.8. The van der Waals surface area contributed by atoms with Crippen molar-refractivity contribution in [2.45, 2.75) is 50.5 Å². The predicted molar refractivity (Wildman–Crippen MR) is 122 cm³/mol. The van der Waals surface area contributed by atoms with E-state index in [0.717, 1.165) is 28.9 Å². The Morgan fingerprint density at radius 2 is 1.48 bits per heavy atom. The summed E-state index contributed by atoms with van der Waals surface area (Å²) in [5.74, 6) is 0.916. The highest BCUT2D eigenvalue weighted by Gasteiger charge is 2.14. The van der Waals surface area contributed by atoms with Crippen molar-refractivity contribution in [3.63, 3.8) is 0 Å². The molecule has 4 rings (SSSR count). The number of ether oxygens (including phenoxy) is 1. The van der Waals surface area contributed by atoms with Crippen LogP contribution in [0.3, 0.4) is 0 Å². The first-order valence-corrected chi connectivity index (χ1v) is 12.2. The third kappa shape index (κ3) is 5.75. The van der Waals surface area contributed by atoms with Crippen LogP contribution in [0.5, 0.6) is 5.75 Å². The Hall–Kier alpha value is -2.63. The van der Waals surface area contributed by atoms with E-state index in [1.54, 1.807) is 24.3 Å². The summed E-state index contributed by atoms with van der Waals surface area (Å²) < 4.78 is 35.7. The summed E-state index contributed by atoms with van der Waals surface area (Å²) in [6, 6.07) is 21.1. The number of hydrogen-bond acceptors (Lipinski definition) is 4. The highest BCUT2D eigenvalue weighted by Crippen LogP contribution is 2.26. The van der Waals surface area contributed by atoms with E-state index in [-0.39, 0.29) is 11.5 Å². The van der Waals surface area contributed by atoms with E-state index in [9.17, 15) is 8.42 Å². The predicted octanol–water partition coefficient (Wildman–Crippen LogP) is 5.40. The van der Waals surface area contributed by atoms with Gasteiger partial charge in [0.2, 0.25) is 0 Å². The van der Waals surface area contributed by atoms with Gasteiger partial charge in [-0.25, -0.2) is 0 Å². The molecule has 31 heavy (non-hydrogen) atoms. The first-order chi connectivity index (χ1) is 15.0. The van der Waals surface area contributed by atoms with Gasteiger partial charge >= 0.3 is 0 Å². The molecule has 0 bridgehead atoms. The number of benzene rings is 3. The molecule has 4 nitrogen and oxygen atoms in total. The van der Waals surface area contributed by atoms with Gasteiger partial charge in [-0.15, -0.1) is 0 Å². The number of hydrogen-bond donors (Lipinski definition) is 0. The Morgan fingerprint density at radius 3 is 2.23 bits per heavy atom. The highest BCUT2D eigenvalue weighted by molar-refractivity contribution is 7.86. The van der Waals surface area contributed by atoms with Crippen LogP contribution in [0.25, 0.3) is 0 Å². The lowest BCUT2D eigenvalue weighted by Crippen LogP contribution is -2.09. The topological polar surface area (TPSA) is 52.6 Å². The molecule has 0 aliphatic heterocycles. The molecule has 0 heterocycles. The summed E-state index contributed by atoms with van der Waals surface area (Å²) in [6.45, 7) is 2.54. The Kier molecular flexibility index (Phi) is 6.73. The minimum Gasteiger partial charge on any atom is -0.489 e. The van der Waals surface area contributed by atoms with Crippen LogP contribution in [-0.4, -0.2) is 15.0 Å². The van der Waals surface area contributed by atoms with Crippen molar-refractivity contribution in [2.75, 3.05) is 6.61 Å². The lowest BCUT2D eigenvalue weighted by atomic mass is 9.92. The number of fused-ring (bicyclic) bond motifs is 1. The summed E-state index contributed by atoms with van der Waals surface area (Å²) >= 11 is 0. The van der Waals surface area contributed by atoms with Gasteiger partial charge in [-0.3, -0.25) is 4.18 Å². The fourth-order valence-corrected chi connectivity index (χ4v) is 4.72.